The average molecular weight is 381 g/mol. The topological polar surface area (TPSA) is 83.9 Å². The molecular formula is C15H18F3NO5S. The Hall–Kier alpha value is -1.81. The Morgan fingerprint density at radius 1 is 1.40 bits per heavy atom. The highest BCUT2D eigenvalue weighted by molar-refractivity contribution is 7.89. The summed E-state index contributed by atoms with van der Waals surface area (Å²) in [7, 11) is -4.31. The van der Waals surface area contributed by atoms with E-state index < -0.39 is 45.0 Å². The molecule has 25 heavy (non-hydrogen) atoms. The van der Waals surface area contributed by atoms with Crippen LogP contribution in [0.4, 0.5) is 13.2 Å². The number of rotatable bonds is 5. The highest BCUT2D eigenvalue weighted by Crippen LogP contribution is 2.34. The van der Waals surface area contributed by atoms with Gasteiger partial charge < -0.3 is 9.84 Å². The third kappa shape index (κ3) is 4.06. The molecular weight excluding hydrogens is 363 g/mol. The number of ether oxygens (including phenoxy) is 1. The summed E-state index contributed by atoms with van der Waals surface area (Å²) in [5.74, 6) is -1.74. The molecule has 1 aromatic carbocycles. The number of alkyl halides is 3. The zero-order valence-electron chi connectivity index (χ0n) is 13.6. The second-order valence-electron chi connectivity index (χ2n) is 5.86. The molecule has 0 amide bonds. The molecule has 10 heteroatoms. The minimum Gasteiger partial charge on any atom is -0.480 e. The first-order chi connectivity index (χ1) is 11.4. The molecule has 0 aliphatic carbocycles. The van der Waals surface area contributed by atoms with Crippen molar-refractivity contribution in [2.75, 3.05) is 6.54 Å². The molecule has 140 valence electrons. The maximum Gasteiger partial charge on any atom is 0.425 e. The zero-order valence-corrected chi connectivity index (χ0v) is 14.4. The van der Waals surface area contributed by atoms with Crippen molar-refractivity contribution in [1.82, 2.24) is 4.31 Å². The van der Waals surface area contributed by atoms with E-state index in [0.717, 1.165) is 17.3 Å². The summed E-state index contributed by atoms with van der Waals surface area (Å²) in [6, 6.07) is 2.52. The lowest BCUT2D eigenvalue weighted by Gasteiger charge is -2.24. The Labute approximate surface area is 143 Å². The number of carboxylic acid groups (broad SMARTS) is 1. The van der Waals surface area contributed by atoms with Crippen molar-refractivity contribution in [2.45, 2.75) is 49.9 Å². The van der Waals surface area contributed by atoms with Crippen LogP contribution in [0, 0.1) is 6.92 Å². The van der Waals surface area contributed by atoms with Crippen LogP contribution in [0.25, 0.3) is 0 Å². The summed E-state index contributed by atoms with van der Waals surface area (Å²) in [6.07, 6.45) is -6.37. The van der Waals surface area contributed by atoms with E-state index in [1.165, 1.54) is 12.1 Å². The summed E-state index contributed by atoms with van der Waals surface area (Å²) in [5, 5.41) is 9.17. The van der Waals surface area contributed by atoms with E-state index in [0.29, 0.717) is 12.0 Å². The van der Waals surface area contributed by atoms with Gasteiger partial charge in [0.15, 0.2) is 6.10 Å². The lowest BCUT2D eigenvalue weighted by Crippen LogP contribution is -2.40. The van der Waals surface area contributed by atoms with Gasteiger partial charge in [0.1, 0.15) is 16.7 Å². The number of aryl methyl sites for hydroxylation is 1. The Kier molecular flexibility index (Phi) is 5.33. The standard InChI is InChI=1S/C15H18F3NO5S/c1-9-5-6-13(12(8-9)24-10(2)15(16,17)18)25(22,23)19-7-3-4-11(19)14(20)21/h5-6,8,10-11H,3-4,7H2,1-2H3,(H,20,21)/t10-,11+/m1/s1. The molecule has 6 nitrogen and oxygen atoms in total. The SMILES string of the molecule is Cc1ccc(S(=O)(=O)N2CCC[C@H]2C(=O)O)c(O[C@H](C)C(F)(F)F)c1. The van der Waals surface area contributed by atoms with Crippen LogP contribution in [0.5, 0.6) is 5.75 Å². The average Bonchev–Trinajstić information content (AvgIpc) is 2.96. The second kappa shape index (κ2) is 6.83. The number of carboxylic acids is 1. The molecule has 0 aromatic heterocycles. The number of hydrogen-bond donors (Lipinski definition) is 1. The molecule has 1 saturated heterocycles. The lowest BCUT2D eigenvalue weighted by molar-refractivity contribution is -0.189. The fourth-order valence-electron chi connectivity index (χ4n) is 2.58. The second-order valence-corrected chi connectivity index (χ2v) is 7.72. The summed E-state index contributed by atoms with van der Waals surface area (Å²) < 4.78 is 69.6. The van der Waals surface area contributed by atoms with E-state index >= 15 is 0 Å². The third-order valence-electron chi connectivity index (χ3n) is 3.94. The van der Waals surface area contributed by atoms with E-state index in [9.17, 15) is 31.5 Å². The third-order valence-corrected chi connectivity index (χ3v) is 5.89. The Bertz CT molecular complexity index is 763. The van der Waals surface area contributed by atoms with Gasteiger partial charge in [-0.3, -0.25) is 4.79 Å². The van der Waals surface area contributed by atoms with Crippen LogP contribution in [0.1, 0.15) is 25.3 Å². The first-order valence-electron chi connectivity index (χ1n) is 7.53. The quantitative estimate of drug-likeness (QED) is 0.848. The Morgan fingerprint density at radius 3 is 2.60 bits per heavy atom. The Morgan fingerprint density at radius 2 is 2.04 bits per heavy atom. The highest BCUT2D eigenvalue weighted by atomic mass is 32.2. The number of hydrogen-bond acceptors (Lipinski definition) is 4. The maximum atomic E-state index is 12.8. The maximum absolute atomic E-state index is 12.8. The molecule has 1 aromatic rings. The minimum absolute atomic E-state index is 0.0125. The number of nitrogens with zero attached hydrogens (tertiary/aromatic N) is 1. The molecule has 2 rings (SSSR count). The molecule has 1 heterocycles. The zero-order chi connectivity index (χ0) is 19.0. The van der Waals surface area contributed by atoms with Gasteiger partial charge in [-0.25, -0.2) is 8.42 Å². The van der Waals surface area contributed by atoms with Gasteiger partial charge in [0.25, 0.3) is 0 Å². The van der Waals surface area contributed by atoms with Crippen LogP contribution in [0.3, 0.4) is 0 Å². The van der Waals surface area contributed by atoms with E-state index in [4.69, 9.17) is 4.74 Å². The fraction of sp³-hybridized carbons (Fsp3) is 0.533. The first kappa shape index (κ1) is 19.5. The van der Waals surface area contributed by atoms with E-state index in [-0.39, 0.29) is 13.0 Å². The predicted octanol–water partition coefficient (Wildman–Crippen LogP) is 2.56. The van der Waals surface area contributed by atoms with Crippen molar-refractivity contribution in [2.24, 2.45) is 0 Å². The summed E-state index contributed by atoms with van der Waals surface area (Å²) in [4.78, 5) is 10.8. The van der Waals surface area contributed by atoms with Gasteiger partial charge in [0.2, 0.25) is 10.0 Å². The summed E-state index contributed by atoms with van der Waals surface area (Å²) >= 11 is 0. The molecule has 0 radical (unpaired) electrons. The molecule has 1 aliphatic rings. The number of carbonyl (C=O) groups is 1. The largest absolute Gasteiger partial charge is 0.480 e. The van der Waals surface area contributed by atoms with Crippen LogP contribution >= 0.6 is 0 Å². The molecule has 1 N–H and O–H groups in total. The van der Waals surface area contributed by atoms with Crippen molar-refractivity contribution in [3.63, 3.8) is 0 Å². The van der Waals surface area contributed by atoms with Crippen LogP contribution in [-0.2, 0) is 14.8 Å². The molecule has 1 fully saturated rings. The van der Waals surface area contributed by atoms with Gasteiger partial charge in [0, 0.05) is 6.54 Å². The Balaban J connectivity index is 2.46. The molecule has 1 aliphatic heterocycles. The van der Waals surface area contributed by atoms with Crippen molar-refractivity contribution >= 4 is 16.0 Å². The fourth-order valence-corrected chi connectivity index (χ4v) is 4.33. The van der Waals surface area contributed by atoms with E-state index in [1.807, 2.05) is 0 Å². The van der Waals surface area contributed by atoms with Gasteiger partial charge >= 0.3 is 12.1 Å². The van der Waals surface area contributed by atoms with Gasteiger partial charge in [-0.1, -0.05) is 6.07 Å². The van der Waals surface area contributed by atoms with Gasteiger partial charge in [-0.05, 0) is 44.4 Å². The normalized spacial score (nSPS) is 20.4. The molecule has 0 unspecified atom stereocenters. The molecule has 2 atom stereocenters. The highest BCUT2D eigenvalue weighted by Gasteiger charge is 2.42. The monoisotopic (exact) mass is 381 g/mol. The van der Waals surface area contributed by atoms with Gasteiger partial charge in [-0.15, -0.1) is 0 Å². The minimum atomic E-state index is -4.66. The van der Waals surface area contributed by atoms with Crippen molar-refractivity contribution in [3.05, 3.63) is 23.8 Å². The van der Waals surface area contributed by atoms with Gasteiger partial charge in [-0.2, -0.15) is 17.5 Å². The lowest BCUT2D eigenvalue weighted by atomic mass is 10.2. The predicted molar refractivity (Wildman–Crippen MR) is 81.9 cm³/mol. The first-order valence-corrected chi connectivity index (χ1v) is 8.97. The number of aliphatic carboxylic acids is 1. The van der Waals surface area contributed by atoms with Crippen LogP contribution < -0.4 is 4.74 Å². The number of halogens is 3. The van der Waals surface area contributed by atoms with Crippen molar-refractivity contribution < 1.29 is 36.2 Å². The molecule has 0 saturated carbocycles. The number of benzene rings is 1. The summed E-state index contributed by atoms with van der Waals surface area (Å²) in [5.41, 5.74) is 0.513. The summed E-state index contributed by atoms with van der Waals surface area (Å²) in [6.45, 7) is 2.34. The van der Waals surface area contributed by atoms with E-state index in [2.05, 4.69) is 0 Å². The molecule has 0 bridgehead atoms. The van der Waals surface area contributed by atoms with Crippen LogP contribution in [0.2, 0.25) is 0 Å². The molecule has 0 spiro atoms. The van der Waals surface area contributed by atoms with Gasteiger partial charge in [0.05, 0.1) is 0 Å². The number of sulfonamides is 1. The van der Waals surface area contributed by atoms with E-state index in [1.54, 1.807) is 6.92 Å². The van der Waals surface area contributed by atoms with Crippen LogP contribution in [0.15, 0.2) is 23.1 Å². The van der Waals surface area contributed by atoms with Crippen molar-refractivity contribution in [3.8, 4) is 5.75 Å². The smallest absolute Gasteiger partial charge is 0.425 e. The van der Waals surface area contributed by atoms with Crippen molar-refractivity contribution in [1.29, 1.82) is 0 Å². The van der Waals surface area contributed by atoms with Crippen LogP contribution in [-0.4, -0.2) is 48.7 Å².